The van der Waals surface area contributed by atoms with Crippen molar-refractivity contribution < 1.29 is 0 Å². The van der Waals surface area contributed by atoms with Gasteiger partial charge in [-0.05, 0) is 6.92 Å². The van der Waals surface area contributed by atoms with Gasteiger partial charge in [-0.25, -0.2) is 0 Å². The molecule has 3 aromatic heterocycles. The summed E-state index contributed by atoms with van der Waals surface area (Å²) in [6.07, 6.45) is 5.19. The molecule has 92 valence electrons. The third-order valence-corrected chi connectivity index (χ3v) is 3.93. The average Bonchev–Trinajstić information content (AvgIpc) is 2.93. The first-order chi connectivity index (χ1) is 8.65. The van der Waals surface area contributed by atoms with Crippen molar-refractivity contribution in [3.05, 3.63) is 29.4 Å². The summed E-state index contributed by atoms with van der Waals surface area (Å²) in [6.45, 7) is 1.91. The predicted octanol–water partition coefficient (Wildman–Crippen LogP) is 1.97. The van der Waals surface area contributed by atoms with Crippen LogP contribution >= 0.6 is 23.4 Å². The van der Waals surface area contributed by atoms with Crippen LogP contribution in [0.3, 0.4) is 0 Å². The molecule has 3 rings (SSSR count). The molecule has 3 heterocycles. The van der Waals surface area contributed by atoms with Crippen molar-refractivity contribution in [3.63, 3.8) is 0 Å². The molecule has 0 N–H and O–H groups in total. The molecule has 0 spiro atoms. The van der Waals surface area contributed by atoms with Crippen LogP contribution in [0.15, 0.2) is 28.6 Å². The SMILES string of the molecule is Cc1c(Cl)nc2ncnn2c1Sc1cnn(C)c1. The van der Waals surface area contributed by atoms with Gasteiger partial charge in [0.15, 0.2) is 0 Å². The molecule has 0 atom stereocenters. The molecule has 0 saturated carbocycles. The predicted molar refractivity (Wildman–Crippen MR) is 67.9 cm³/mol. The Balaban J connectivity index is 2.15. The van der Waals surface area contributed by atoms with E-state index in [4.69, 9.17) is 11.6 Å². The van der Waals surface area contributed by atoms with Gasteiger partial charge < -0.3 is 0 Å². The molecule has 18 heavy (non-hydrogen) atoms. The smallest absolute Gasteiger partial charge is 0.254 e. The Morgan fingerprint density at radius 2 is 2.17 bits per heavy atom. The van der Waals surface area contributed by atoms with E-state index in [1.807, 2.05) is 20.2 Å². The van der Waals surface area contributed by atoms with Crippen molar-refractivity contribution in [3.8, 4) is 0 Å². The Kier molecular flexibility index (Phi) is 2.71. The van der Waals surface area contributed by atoms with Crippen LogP contribution in [-0.2, 0) is 7.05 Å². The molecule has 3 aromatic rings. The van der Waals surface area contributed by atoms with E-state index in [0.29, 0.717) is 10.9 Å². The summed E-state index contributed by atoms with van der Waals surface area (Å²) in [7, 11) is 1.88. The van der Waals surface area contributed by atoms with E-state index in [0.717, 1.165) is 15.5 Å². The highest BCUT2D eigenvalue weighted by Crippen LogP contribution is 2.32. The lowest BCUT2D eigenvalue weighted by Gasteiger charge is -2.06. The molecule has 8 heteroatoms. The summed E-state index contributed by atoms with van der Waals surface area (Å²) in [6, 6.07) is 0. The maximum atomic E-state index is 6.09. The van der Waals surface area contributed by atoms with Crippen molar-refractivity contribution in [2.45, 2.75) is 16.8 Å². The molecular formula is C10H9ClN6S. The number of aryl methyl sites for hydroxylation is 1. The normalized spacial score (nSPS) is 11.3. The first-order valence-corrected chi connectivity index (χ1v) is 6.37. The number of fused-ring (bicyclic) bond motifs is 1. The van der Waals surface area contributed by atoms with Gasteiger partial charge in [-0.15, -0.1) is 0 Å². The number of aromatic nitrogens is 6. The summed E-state index contributed by atoms with van der Waals surface area (Å²) < 4.78 is 3.43. The van der Waals surface area contributed by atoms with E-state index >= 15 is 0 Å². The van der Waals surface area contributed by atoms with E-state index in [9.17, 15) is 0 Å². The minimum Gasteiger partial charge on any atom is -0.275 e. The Morgan fingerprint density at radius 3 is 2.89 bits per heavy atom. The molecular weight excluding hydrogens is 272 g/mol. The molecule has 6 nitrogen and oxygen atoms in total. The molecule has 0 saturated heterocycles. The van der Waals surface area contributed by atoms with Crippen LogP contribution in [0.5, 0.6) is 0 Å². The van der Waals surface area contributed by atoms with Gasteiger partial charge in [0.1, 0.15) is 16.5 Å². The number of rotatable bonds is 2. The van der Waals surface area contributed by atoms with E-state index in [1.165, 1.54) is 18.1 Å². The van der Waals surface area contributed by atoms with Crippen molar-refractivity contribution >= 4 is 29.1 Å². The molecule has 0 aliphatic rings. The van der Waals surface area contributed by atoms with Crippen LogP contribution in [0.2, 0.25) is 5.15 Å². The van der Waals surface area contributed by atoms with Gasteiger partial charge in [-0.3, -0.25) is 4.68 Å². The minimum atomic E-state index is 0.446. The van der Waals surface area contributed by atoms with Crippen molar-refractivity contribution in [2.75, 3.05) is 0 Å². The maximum Gasteiger partial charge on any atom is 0.254 e. The second-order valence-electron chi connectivity index (χ2n) is 3.76. The highest BCUT2D eigenvalue weighted by Gasteiger charge is 2.14. The third-order valence-electron chi connectivity index (χ3n) is 2.45. The van der Waals surface area contributed by atoms with E-state index in [1.54, 1.807) is 15.4 Å². The summed E-state index contributed by atoms with van der Waals surface area (Å²) in [5, 5.41) is 9.64. The average molecular weight is 281 g/mol. The molecule has 0 bridgehead atoms. The van der Waals surface area contributed by atoms with Gasteiger partial charge in [0.05, 0.1) is 11.1 Å². The van der Waals surface area contributed by atoms with Crippen LogP contribution in [0.25, 0.3) is 5.78 Å². The van der Waals surface area contributed by atoms with E-state index in [2.05, 4.69) is 20.2 Å². The lowest BCUT2D eigenvalue weighted by atomic mass is 10.4. The Bertz CT molecular complexity index is 718. The maximum absolute atomic E-state index is 6.09. The molecule has 0 aliphatic heterocycles. The van der Waals surface area contributed by atoms with Crippen molar-refractivity contribution in [1.82, 2.24) is 29.4 Å². The van der Waals surface area contributed by atoms with Gasteiger partial charge in [0.25, 0.3) is 5.78 Å². The molecule has 0 aromatic carbocycles. The summed E-state index contributed by atoms with van der Waals surface area (Å²) >= 11 is 7.63. The lowest BCUT2D eigenvalue weighted by Crippen LogP contribution is -1.99. The fraction of sp³-hybridized carbons (Fsp3) is 0.200. The topological polar surface area (TPSA) is 60.9 Å². The number of halogens is 1. The van der Waals surface area contributed by atoms with Crippen LogP contribution in [-0.4, -0.2) is 29.4 Å². The molecule has 0 radical (unpaired) electrons. The quantitative estimate of drug-likeness (QED) is 0.672. The summed E-state index contributed by atoms with van der Waals surface area (Å²) in [4.78, 5) is 9.23. The number of nitrogens with zero attached hydrogens (tertiary/aromatic N) is 6. The lowest BCUT2D eigenvalue weighted by molar-refractivity contribution is 0.766. The van der Waals surface area contributed by atoms with Gasteiger partial charge in [-0.1, -0.05) is 23.4 Å². The van der Waals surface area contributed by atoms with Gasteiger partial charge >= 0.3 is 0 Å². The molecule has 0 unspecified atom stereocenters. The van der Waals surface area contributed by atoms with Gasteiger partial charge in [0, 0.05) is 18.8 Å². The minimum absolute atomic E-state index is 0.446. The van der Waals surface area contributed by atoms with Gasteiger partial charge in [-0.2, -0.15) is 24.7 Å². The number of hydrogen-bond donors (Lipinski definition) is 0. The zero-order valence-electron chi connectivity index (χ0n) is 9.70. The zero-order chi connectivity index (χ0) is 12.7. The number of hydrogen-bond acceptors (Lipinski definition) is 5. The van der Waals surface area contributed by atoms with Crippen LogP contribution in [0, 0.1) is 6.92 Å². The summed E-state index contributed by atoms with van der Waals surface area (Å²) in [5.41, 5.74) is 0.878. The van der Waals surface area contributed by atoms with Crippen LogP contribution in [0.4, 0.5) is 0 Å². The Morgan fingerprint density at radius 1 is 1.33 bits per heavy atom. The fourth-order valence-electron chi connectivity index (χ4n) is 1.56. The van der Waals surface area contributed by atoms with E-state index in [-0.39, 0.29) is 0 Å². The molecule has 0 fully saturated rings. The first-order valence-electron chi connectivity index (χ1n) is 5.17. The second-order valence-corrected chi connectivity index (χ2v) is 5.18. The van der Waals surface area contributed by atoms with E-state index < -0.39 is 0 Å². The third kappa shape index (κ3) is 1.85. The molecule has 0 amide bonds. The van der Waals surface area contributed by atoms with Crippen LogP contribution < -0.4 is 0 Å². The van der Waals surface area contributed by atoms with Gasteiger partial charge in [0.2, 0.25) is 0 Å². The van der Waals surface area contributed by atoms with Crippen LogP contribution in [0.1, 0.15) is 5.56 Å². The van der Waals surface area contributed by atoms with Crippen molar-refractivity contribution in [2.24, 2.45) is 7.05 Å². The molecule has 0 aliphatic carbocycles. The Hall–Kier alpha value is -1.60. The second kappa shape index (κ2) is 4.25. The fourth-order valence-corrected chi connectivity index (χ4v) is 2.77. The largest absolute Gasteiger partial charge is 0.275 e. The first kappa shape index (κ1) is 11.5. The highest BCUT2D eigenvalue weighted by molar-refractivity contribution is 7.99. The van der Waals surface area contributed by atoms with Crippen molar-refractivity contribution in [1.29, 1.82) is 0 Å². The summed E-state index contributed by atoms with van der Waals surface area (Å²) in [5.74, 6) is 0.497. The standard InChI is InChI=1S/C10H9ClN6S/c1-6-8(11)15-10-12-5-14-17(10)9(6)18-7-3-13-16(2)4-7/h3-5H,1-2H3. The zero-order valence-corrected chi connectivity index (χ0v) is 11.3. The monoisotopic (exact) mass is 280 g/mol. The Labute approximate surface area is 112 Å². The highest BCUT2D eigenvalue weighted by atomic mass is 35.5.